The summed E-state index contributed by atoms with van der Waals surface area (Å²) in [6, 6.07) is 3.85. The third-order valence-electron chi connectivity index (χ3n) is 5.31. The van der Waals surface area contributed by atoms with E-state index in [9.17, 15) is 28.0 Å². The van der Waals surface area contributed by atoms with Crippen LogP contribution in [0.5, 0.6) is 0 Å². The van der Waals surface area contributed by atoms with E-state index in [1.165, 1.54) is 31.5 Å². The lowest BCUT2D eigenvalue weighted by molar-refractivity contribution is -0.238. The van der Waals surface area contributed by atoms with Gasteiger partial charge in [-0.2, -0.15) is 18.4 Å². The minimum atomic E-state index is -4.70. The molecule has 1 saturated carbocycles. The fraction of sp³-hybridized carbons (Fsp3) is 0.429. The van der Waals surface area contributed by atoms with Crippen molar-refractivity contribution in [1.29, 1.82) is 5.26 Å². The smallest absolute Gasteiger partial charge is 0.372 e. The lowest BCUT2D eigenvalue weighted by Gasteiger charge is -2.28. The molecule has 0 aromatic carbocycles. The summed E-state index contributed by atoms with van der Waals surface area (Å²) in [6.45, 7) is 0.989. The van der Waals surface area contributed by atoms with Gasteiger partial charge < -0.3 is 20.3 Å². The van der Waals surface area contributed by atoms with E-state index in [-0.39, 0.29) is 36.4 Å². The lowest BCUT2D eigenvalue weighted by Crippen LogP contribution is -2.50. The second-order valence-electron chi connectivity index (χ2n) is 7.92. The number of halogens is 3. The number of alkyl halides is 3. The molecular weight excluding hydrogens is 455 g/mol. The maximum Gasteiger partial charge on any atom is 0.433 e. The van der Waals surface area contributed by atoms with Crippen molar-refractivity contribution in [2.24, 2.45) is 5.92 Å². The maximum atomic E-state index is 13.1. The van der Waals surface area contributed by atoms with Gasteiger partial charge in [-0.1, -0.05) is 0 Å². The van der Waals surface area contributed by atoms with Crippen LogP contribution in [0.25, 0.3) is 11.4 Å². The van der Waals surface area contributed by atoms with Crippen LogP contribution < -0.4 is 10.6 Å². The lowest BCUT2D eigenvalue weighted by atomic mass is 10.2. The summed E-state index contributed by atoms with van der Waals surface area (Å²) >= 11 is 0. The van der Waals surface area contributed by atoms with Crippen molar-refractivity contribution in [3.05, 3.63) is 30.2 Å². The number of nitrogens with zero attached hydrogens (tertiary/aromatic N) is 5. The first-order valence-corrected chi connectivity index (χ1v) is 10.5. The van der Waals surface area contributed by atoms with Crippen LogP contribution in [0.15, 0.2) is 24.5 Å². The number of ether oxygens (including phenoxy) is 1. The summed E-state index contributed by atoms with van der Waals surface area (Å²) in [4.78, 5) is 37.6. The Kier molecular flexibility index (Phi) is 6.34. The minimum Gasteiger partial charge on any atom is -0.372 e. The van der Waals surface area contributed by atoms with Gasteiger partial charge in [0.25, 0.3) is 0 Å². The van der Waals surface area contributed by atoms with Gasteiger partial charge in [-0.25, -0.2) is 15.0 Å². The van der Waals surface area contributed by atoms with E-state index in [4.69, 9.17) is 0 Å². The van der Waals surface area contributed by atoms with Gasteiger partial charge in [0.15, 0.2) is 11.5 Å². The molecule has 0 bridgehead atoms. The number of nitriles is 1. The molecule has 13 heteroatoms. The number of hydrogen-bond donors (Lipinski definition) is 2. The number of nitrogens with one attached hydrogen (secondary N) is 2. The molecule has 2 N–H and O–H groups in total. The van der Waals surface area contributed by atoms with Crippen molar-refractivity contribution >= 4 is 23.3 Å². The highest BCUT2D eigenvalue weighted by atomic mass is 19.4. The predicted octanol–water partition coefficient (Wildman–Crippen LogP) is 2.31. The molecule has 0 radical (unpaired) electrons. The van der Waals surface area contributed by atoms with Crippen LogP contribution in [0.4, 0.5) is 24.7 Å². The minimum absolute atomic E-state index is 0.0213. The normalized spacial score (nSPS) is 18.8. The third-order valence-corrected chi connectivity index (χ3v) is 5.31. The van der Waals surface area contributed by atoms with Crippen molar-refractivity contribution < 1.29 is 27.5 Å². The maximum absolute atomic E-state index is 13.1. The molecule has 2 aromatic rings. The molecule has 3 heterocycles. The molecule has 2 aliphatic rings. The summed E-state index contributed by atoms with van der Waals surface area (Å²) in [7, 11) is 0. The van der Waals surface area contributed by atoms with Crippen LogP contribution >= 0.6 is 0 Å². The molecule has 2 fully saturated rings. The highest BCUT2D eigenvalue weighted by Crippen LogP contribution is 2.31. The first-order chi connectivity index (χ1) is 16.2. The molecule has 1 saturated heterocycles. The summed E-state index contributed by atoms with van der Waals surface area (Å²) in [5.41, 5.74) is 0.768. The van der Waals surface area contributed by atoms with Crippen molar-refractivity contribution in [1.82, 2.24) is 19.9 Å². The number of carbonyl (C=O) groups excluding carboxylic acids is 2. The van der Waals surface area contributed by atoms with Crippen molar-refractivity contribution in [2.75, 3.05) is 23.8 Å². The Bertz CT molecular complexity index is 1130. The fourth-order valence-corrected chi connectivity index (χ4v) is 3.41. The molecule has 2 atom stereocenters. The van der Waals surface area contributed by atoms with Crippen LogP contribution in [-0.2, 0) is 14.3 Å². The average Bonchev–Trinajstić information content (AvgIpc) is 3.54. The van der Waals surface area contributed by atoms with Gasteiger partial charge in [-0.3, -0.25) is 9.59 Å². The Hall–Kier alpha value is -3.79. The van der Waals surface area contributed by atoms with Crippen molar-refractivity contribution in [3.63, 3.8) is 0 Å². The number of carbonyl (C=O) groups is 2. The number of aromatic nitrogens is 3. The van der Waals surface area contributed by atoms with Crippen LogP contribution in [0.2, 0.25) is 0 Å². The van der Waals surface area contributed by atoms with Crippen molar-refractivity contribution in [3.8, 4) is 17.5 Å². The van der Waals surface area contributed by atoms with Gasteiger partial charge in [0.1, 0.15) is 17.8 Å². The first kappa shape index (κ1) is 23.4. The van der Waals surface area contributed by atoms with E-state index in [2.05, 4.69) is 30.3 Å². The first-order valence-electron chi connectivity index (χ1n) is 10.5. The standard InChI is InChI=1S/C21H20F3N7O3/c1-11(19(33)31-6-7-34-20(31)21(22,23)24)28-13-4-5-14(29-15(13)8-25)16-9-27-17(10-26-16)30-18(32)12-2-3-12/h4-5,9-12,20,28H,2-3,6-7H2,1H3,(H,27,30,32). The number of anilines is 2. The second-order valence-corrected chi connectivity index (χ2v) is 7.92. The van der Waals surface area contributed by atoms with Crippen molar-refractivity contribution in [2.45, 2.75) is 38.2 Å². The Morgan fingerprint density at radius 1 is 1.24 bits per heavy atom. The molecule has 0 spiro atoms. The van der Waals surface area contributed by atoms with E-state index in [0.29, 0.717) is 22.1 Å². The van der Waals surface area contributed by atoms with E-state index in [1.807, 2.05) is 6.07 Å². The number of rotatable bonds is 6. The Morgan fingerprint density at radius 2 is 2.00 bits per heavy atom. The molecule has 2 amide bonds. The van der Waals surface area contributed by atoms with E-state index in [1.54, 1.807) is 0 Å². The number of pyridine rings is 1. The second kappa shape index (κ2) is 9.22. The third kappa shape index (κ3) is 5.07. The molecule has 1 aliphatic heterocycles. The molecule has 2 unspecified atom stereocenters. The number of hydrogen-bond acceptors (Lipinski definition) is 8. The van der Waals surface area contributed by atoms with Gasteiger partial charge in [-0.15, -0.1) is 0 Å². The number of amides is 2. The van der Waals surface area contributed by atoms with E-state index >= 15 is 0 Å². The highest BCUT2D eigenvalue weighted by molar-refractivity contribution is 5.93. The summed E-state index contributed by atoms with van der Waals surface area (Å²) < 4.78 is 43.9. The van der Waals surface area contributed by atoms with Gasteiger partial charge in [0, 0.05) is 12.5 Å². The summed E-state index contributed by atoms with van der Waals surface area (Å²) in [6.07, 6.45) is -2.50. The average molecular weight is 475 g/mol. The summed E-state index contributed by atoms with van der Waals surface area (Å²) in [5.74, 6) is -0.599. The van der Waals surface area contributed by atoms with Crippen LogP contribution in [0.3, 0.4) is 0 Å². The largest absolute Gasteiger partial charge is 0.433 e. The van der Waals surface area contributed by atoms with Crippen LogP contribution in [0, 0.1) is 17.2 Å². The molecule has 2 aromatic heterocycles. The van der Waals surface area contributed by atoms with Gasteiger partial charge in [-0.05, 0) is 31.9 Å². The fourth-order valence-electron chi connectivity index (χ4n) is 3.41. The zero-order valence-electron chi connectivity index (χ0n) is 18.0. The Morgan fingerprint density at radius 3 is 2.62 bits per heavy atom. The zero-order valence-corrected chi connectivity index (χ0v) is 18.0. The molecule has 4 rings (SSSR count). The van der Waals surface area contributed by atoms with E-state index in [0.717, 1.165) is 12.8 Å². The highest BCUT2D eigenvalue weighted by Gasteiger charge is 2.50. The monoisotopic (exact) mass is 475 g/mol. The quantitative estimate of drug-likeness (QED) is 0.650. The Balaban J connectivity index is 1.45. The van der Waals surface area contributed by atoms with E-state index < -0.39 is 24.4 Å². The molecule has 34 heavy (non-hydrogen) atoms. The molecule has 10 nitrogen and oxygen atoms in total. The van der Waals surface area contributed by atoms with Crippen LogP contribution in [0.1, 0.15) is 25.5 Å². The van der Waals surface area contributed by atoms with Gasteiger partial charge >= 0.3 is 6.18 Å². The molecular formula is C21H20F3N7O3. The SMILES string of the molecule is CC(Nc1ccc(-c2cnc(NC(=O)C3CC3)cn2)nc1C#N)C(=O)N1CCOC1C(F)(F)F. The molecule has 1 aliphatic carbocycles. The van der Waals surface area contributed by atoms with Crippen LogP contribution in [-0.4, -0.2) is 63.3 Å². The predicted molar refractivity (Wildman–Crippen MR) is 112 cm³/mol. The zero-order chi connectivity index (χ0) is 24.5. The van der Waals surface area contributed by atoms with Gasteiger partial charge in [0.2, 0.25) is 18.0 Å². The summed E-state index contributed by atoms with van der Waals surface area (Å²) in [5, 5.41) is 14.9. The molecule has 178 valence electrons. The Labute approximate surface area is 192 Å². The topological polar surface area (TPSA) is 133 Å². The van der Waals surface area contributed by atoms with Gasteiger partial charge in [0.05, 0.1) is 30.4 Å².